The molecular formula is C25H30FN7O3. The van der Waals surface area contributed by atoms with Crippen molar-refractivity contribution in [2.45, 2.75) is 57.8 Å². The van der Waals surface area contributed by atoms with E-state index in [1.54, 1.807) is 50.3 Å². The first-order chi connectivity index (χ1) is 17.2. The van der Waals surface area contributed by atoms with Crippen LogP contribution in [0.15, 0.2) is 36.8 Å². The van der Waals surface area contributed by atoms with Crippen LogP contribution in [-0.4, -0.2) is 73.7 Å². The van der Waals surface area contributed by atoms with Gasteiger partial charge in [0.15, 0.2) is 11.5 Å². The lowest BCUT2D eigenvalue weighted by Gasteiger charge is -2.36. The summed E-state index contributed by atoms with van der Waals surface area (Å²) in [6, 6.07) is 4.82. The fraction of sp³-hybridized carbons (Fsp3) is 0.480. The van der Waals surface area contributed by atoms with Gasteiger partial charge in [-0.15, -0.1) is 0 Å². The standard InChI is InChI=1S/C25H30FN7O3/c1-25(2,3)36-24(35)31-11-9-16(26)18(14-31)30-20-7-4-6-17(29-20)19-12-27-21-13-28-22(15-33(19)21)32-10-5-8-23(32)34/h4,6-7,12-13,15-16,18H,5,8-11,14H2,1-3H3,(H,29,30)/t16-,18-/m0/s1. The topological polar surface area (TPSA) is 105 Å². The molecule has 3 aromatic heterocycles. The normalized spacial score (nSPS) is 20.7. The summed E-state index contributed by atoms with van der Waals surface area (Å²) in [5, 5.41) is 3.16. The molecule has 0 unspecified atom stereocenters. The summed E-state index contributed by atoms with van der Waals surface area (Å²) in [6.45, 7) is 6.54. The number of nitrogens with zero attached hydrogens (tertiary/aromatic N) is 6. The minimum atomic E-state index is -1.13. The van der Waals surface area contributed by atoms with Gasteiger partial charge in [-0.05, 0) is 45.7 Å². The Morgan fingerprint density at radius 2 is 2.03 bits per heavy atom. The second-order valence-corrected chi connectivity index (χ2v) is 10.2. The third-order valence-electron chi connectivity index (χ3n) is 6.26. The van der Waals surface area contributed by atoms with E-state index in [9.17, 15) is 14.0 Å². The van der Waals surface area contributed by atoms with Crippen LogP contribution >= 0.6 is 0 Å². The molecule has 2 aliphatic heterocycles. The largest absolute Gasteiger partial charge is 0.444 e. The van der Waals surface area contributed by atoms with E-state index in [-0.39, 0.29) is 18.9 Å². The van der Waals surface area contributed by atoms with Crippen molar-refractivity contribution in [2.75, 3.05) is 29.9 Å². The quantitative estimate of drug-likeness (QED) is 0.589. The highest BCUT2D eigenvalue weighted by Gasteiger charge is 2.34. The highest BCUT2D eigenvalue weighted by Crippen LogP contribution is 2.26. The summed E-state index contributed by atoms with van der Waals surface area (Å²) >= 11 is 0. The molecule has 2 fully saturated rings. The highest BCUT2D eigenvalue weighted by atomic mass is 19.1. The summed E-state index contributed by atoms with van der Waals surface area (Å²) in [7, 11) is 0. The number of piperidine rings is 1. The molecule has 5 heterocycles. The number of aromatic nitrogens is 4. The summed E-state index contributed by atoms with van der Waals surface area (Å²) in [4.78, 5) is 41.4. The second-order valence-electron chi connectivity index (χ2n) is 10.2. The number of halogens is 1. The molecule has 0 saturated carbocycles. The van der Waals surface area contributed by atoms with E-state index in [0.717, 1.165) is 12.1 Å². The highest BCUT2D eigenvalue weighted by molar-refractivity contribution is 5.94. The molecule has 0 bridgehead atoms. The lowest BCUT2D eigenvalue weighted by Crippen LogP contribution is -2.52. The van der Waals surface area contributed by atoms with Crippen molar-refractivity contribution < 1.29 is 18.7 Å². The fourth-order valence-electron chi connectivity index (χ4n) is 4.50. The van der Waals surface area contributed by atoms with Gasteiger partial charge in [0.05, 0.1) is 36.0 Å². The molecule has 190 valence electrons. The van der Waals surface area contributed by atoms with Crippen LogP contribution < -0.4 is 10.2 Å². The lowest BCUT2D eigenvalue weighted by molar-refractivity contribution is -0.117. The van der Waals surface area contributed by atoms with E-state index in [4.69, 9.17) is 9.72 Å². The van der Waals surface area contributed by atoms with Crippen LogP contribution in [-0.2, 0) is 9.53 Å². The molecule has 2 atom stereocenters. The van der Waals surface area contributed by atoms with Crippen LogP contribution in [0, 0.1) is 0 Å². The molecule has 1 N–H and O–H groups in total. The number of carbonyl (C=O) groups excluding carboxylic acids is 2. The molecule has 2 amide bonds. The minimum Gasteiger partial charge on any atom is -0.444 e. The third kappa shape index (κ3) is 4.95. The predicted molar refractivity (Wildman–Crippen MR) is 133 cm³/mol. The molecule has 10 nitrogen and oxygen atoms in total. The molecule has 5 rings (SSSR count). The SMILES string of the molecule is CC(C)(C)OC(=O)N1CC[C@H](F)[C@@H](Nc2cccc(-c3cnc4cnc(N5CCCC5=O)cn34)n2)C1. The zero-order chi connectivity index (χ0) is 25.4. The summed E-state index contributed by atoms with van der Waals surface area (Å²) in [6.07, 6.45) is 5.09. The Bertz CT molecular complexity index is 1290. The summed E-state index contributed by atoms with van der Waals surface area (Å²) in [5.74, 6) is 1.12. The summed E-state index contributed by atoms with van der Waals surface area (Å²) in [5.41, 5.74) is 1.37. The first-order valence-electron chi connectivity index (χ1n) is 12.2. The number of hydrogen-bond donors (Lipinski definition) is 1. The van der Waals surface area contributed by atoms with Crippen molar-refractivity contribution in [1.82, 2.24) is 24.3 Å². The Kier molecular flexibility index (Phi) is 6.23. The summed E-state index contributed by atoms with van der Waals surface area (Å²) < 4.78 is 22.1. The molecule has 0 aromatic carbocycles. The smallest absolute Gasteiger partial charge is 0.410 e. The van der Waals surface area contributed by atoms with E-state index in [0.29, 0.717) is 42.5 Å². The molecule has 0 spiro atoms. The number of pyridine rings is 1. The van der Waals surface area contributed by atoms with Crippen molar-refractivity contribution in [1.29, 1.82) is 0 Å². The van der Waals surface area contributed by atoms with Crippen LogP contribution in [0.25, 0.3) is 17.0 Å². The van der Waals surface area contributed by atoms with Crippen LogP contribution in [0.1, 0.15) is 40.0 Å². The number of fused-ring (bicyclic) bond motifs is 1. The monoisotopic (exact) mass is 495 g/mol. The van der Waals surface area contributed by atoms with Crippen LogP contribution in [0.5, 0.6) is 0 Å². The maximum absolute atomic E-state index is 14.8. The van der Waals surface area contributed by atoms with E-state index >= 15 is 0 Å². The molecule has 3 aromatic rings. The predicted octanol–water partition coefficient (Wildman–Crippen LogP) is 3.68. The molecule has 36 heavy (non-hydrogen) atoms. The van der Waals surface area contributed by atoms with Crippen molar-refractivity contribution in [3.05, 3.63) is 36.8 Å². The van der Waals surface area contributed by atoms with Gasteiger partial charge < -0.3 is 15.0 Å². The van der Waals surface area contributed by atoms with Gasteiger partial charge in [-0.2, -0.15) is 0 Å². The van der Waals surface area contributed by atoms with Gasteiger partial charge >= 0.3 is 6.09 Å². The van der Waals surface area contributed by atoms with Gasteiger partial charge in [0.25, 0.3) is 0 Å². The first kappa shape index (κ1) is 24.0. The Hall–Kier alpha value is -3.76. The number of amides is 2. The fourth-order valence-corrected chi connectivity index (χ4v) is 4.50. The number of anilines is 2. The Labute approximate surface area is 208 Å². The number of hydrogen-bond acceptors (Lipinski definition) is 7. The van der Waals surface area contributed by atoms with Gasteiger partial charge in [0.2, 0.25) is 5.91 Å². The number of likely N-dealkylation sites (tertiary alicyclic amines) is 1. The van der Waals surface area contributed by atoms with E-state index in [1.807, 2.05) is 16.5 Å². The number of nitrogens with one attached hydrogen (secondary N) is 1. The average Bonchev–Trinajstić information content (AvgIpc) is 3.45. The van der Waals surface area contributed by atoms with Crippen LogP contribution in [0.3, 0.4) is 0 Å². The molecular weight excluding hydrogens is 465 g/mol. The maximum Gasteiger partial charge on any atom is 0.410 e. The molecule has 2 saturated heterocycles. The van der Waals surface area contributed by atoms with Crippen molar-refractivity contribution in [3.63, 3.8) is 0 Å². The molecule has 0 radical (unpaired) electrons. The minimum absolute atomic E-state index is 0.0570. The van der Waals surface area contributed by atoms with Gasteiger partial charge in [-0.3, -0.25) is 14.1 Å². The first-order valence-corrected chi connectivity index (χ1v) is 12.2. The maximum atomic E-state index is 14.8. The third-order valence-corrected chi connectivity index (χ3v) is 6.26. The van der Waals surface area contributed by atoms with Gasteiger partial charge in [0.1, 0.15) is 17.6 Å². The molecule has 0 aliphatic carbocycles. The number of rotatable bonds is 4. The Balaban J connectivity index is 1.36. The Morgan fingerprint density at radius 1 is 1.19 bits per heavy atom. The number of carbonyl (C=O) groups is 2. The van der Waals surface area contributed by atoms with Crippen molar-refractivity contribution in [2.24, 2.45) is 0 Å². The average molecular weight is 496 g/mol. The van der Waals surface area contributed by atoms with Gasteiger partial charge in [-0.1, -0.05) is 6.07 Å². The van der Waals surface area contributed by atoms with Crippen LogP contribution in [0.2, 0.25) is 0 Å². The molecule has 11 heteroatoms. The lowest BCUT2D eigenvalue weighted by atomic mass is 10.0. The van der Waals surface area contributed by atoms with Crippen LogP contribution in [0.4, 0.5) is 20.8 Å². The second kappa shape index (κ2) is 9.36. The Morgan fingerprint density at radius 3 is 2.78 bits per heavy atom. The van der Waals surface area contributed by atoms with Gasteiger partial charge in [0, 0.05) is 26.1 Å². The van der Waals surface area contributed by atoms with E-state index in [1.165, 1.54) is 4.90 Å². The number of imidazole rings is 1. The van der Waals surface area contributed by atoms with Crippen molar-refractivity contribution >= 4 is 29.3 Å². The molecule has 2 aliphatic rings. The van der Waals surface area contributed by atoms with Crippen molar-refractivity contribution in [3.8, 4) is 11.4 Å². The number of alkyl halides is 1. The zero-order valence-electron chi connectivity index (χ0n) is 20.6. The number of ether oxygens (including phenoxy) is 1. The van der Waals surface area contributed by atoms with Gasteiger partial charge in [-0.25, -0.2) is 24.1 Å². The zero-order valence-corrected chi connectivity index (χ0v) is 20.6. The van der Waals surface area contributed by atoms with E-state index < -0.39 is 23.9 Å². The van der Waals surface area contributed by atoms with E-state index in [2.05, 4.69) is 15.3 Å².